The molecule has 0 amide bonds. The Kier molecular flexibility index (Phi) is 4.48. The lowest BCUT2D eigenvalue weighted by Gasteiger charge is -2.15. The minimum Gasteiger partial charge on any atom is -0.497 e. The van der Waals surface area contributed by atoms with Crippen LogP contribution in [0.25, 0.3) is 11.0 Å². The van der Waals surface area contributed by atoms with Gasteiger partial charge in [-0.3, -0.25) is 0 Å². The molecule has 0 spiro atoms. The van der Waals surface area contributed by atoms with E-state index in [0.29, 0.717) is 5.11 Å². The molecule has 0 aliphatic rings. The molecule has 118 valence electrons. The Bertz CT molecular complexity index is 778. The lowest BCUT2D eigenvalue weighted by atomic mass is 10.2. The molecule has 1 heterocycles. The van der Waals surface area contributed by atoms with Crippen LogP contribution in [-0.4, -0.2) is 12.2 Å². The van der Waals surface area contributed by atoms with E-state index >= 15 is 0 Å². The molecule has 5 heteroatoms. The molecule has 0 aliphatic heterocycles. The molecule has 1 aromatic heterocycles. The molecule has 4 nitrogen and oxygen atoms in total. The van der Waals surface area contributed by atoms with Crippen molar-refractivity contribution in [3.05, 3.63) is 60.4 Å². The van der Waals surface area contributed by atoms with E-state index in [1.807, 2.05) is 61.5 Å². The van der Waals surface area contributed by atoms with Crippen molar-refractivity contribution in [2.45, 2.75) is 13.0 Å². The van der Waals surface area contributed by atoms with Gasteiger partial charge in [-0.2, -0.15) is 0 Å². The zero-order chi connectivity index (χ0) is 16.2. The van der Waals surface area contributed by atoms with Crippen molar-refractivity contribution in [3.8, 4) is 5.75 Å². The van der Waals surface area contributed by atoms with Gasteiger partial charge in [0.2, 0.25) is 0 Å². The van der Waals surface area contributed by atoms with Crippen LogP contribution >= 0.6 is 12.2 Å². The summed E-state index contributed by atoms with van der Waals surface area (Å²) in [6, 6.07) is 17.5. The summed E-state index contributed by atoms with van der Waals surface area (Å²) in [6.45, 7) is 2.01. The van der Waals surface area contributed by atoms with Gasteiger partial charge in [0.05, 0.1) is 13.2 Å². The molecule has 0 saturated heterocycles. The van der Waals surface area contributed by atoms with Crippen molar-refractivity contribution in [1.82, 2.24) is 5.32 Å². The quantitative estimate of drug-likeness (QED) is 0.692. The van der Waals surface area contributed by atoms with Crippen molar-refractivity contribution in [3.63, 3.8) is 0 Å². The molecule has 2 N–H and O–H groups in total. The second kappa shape index (κ2) is 6.71. The summed E-state index contributed by atoms with van der Waals surface area (Å²) in [5.74, 6) is 1.66. The number of ether oxygens (including phenoxy) is 1. The smallest absolute Gasteiger partial charge is 0.171 e. The minimum absolute atomic E-state index is 0.0272. The van der Waals surface area contributed by atoms with Crippen LogP contribution in [0.15, 0.2) is 59.0 Å². The molecule has 0 aliphatic carbocycles. The molecule has 0 unspecified atom stereocenters. The van der Waals surface area contributed by atoms with Crippen molar-refractivity contribution in [2.75, 3.05) is 12.4 Å². The van der Waals surface area contributed by atoms with Gasteiger partial charge >= 0.3 is 0 Å². The summed E-state index contributed by atoms with van der Waals surface area (Å²) < 4.78 is 11.0. The Hall–Kier alpha value is -2.53. The van der Waals surface area contributed by atoms with Gasteiger partial charge < -0.3 is 19.8 Å². The highest BCUT2D eigenvalue weighted by Gasteiger charge is 2.12. The maximum Gasteiger partial charge on any atom is 0.171 e. The molecule has 2 aromatic carbocycles. The molecule has 1 atom stereocenters. The van der Waals surface area contributed by atoms with E-state index in [9.17, 15) is 0 Å². The predicted molar refractivity (Wildman–Crippen MR) is 97.0 cm³/mol. The summed E-state index contributed by atoms with van der Waals surface area (Å²) in [4.78, 5) is 0. The Balaban J connectivity index is 1.64. The highest BCUT2D eigenvalue weighted by Crippen LogP contribution is 2.23. The fraction of sp³-hybridized carbons (Fsp3) is 0.167. The van der Waals surface area contributed by atoms with Crippen molar-refractivity contribution in [1.29, 1.82) is 0 Å². The number of thiocarbonyl (C=S) groups is 1. The van der Waals surface area contributed by atoms with E-state index in [0.717, 1.165) is 28.2 Å². The molecule has 3 aromatic rings. The lowest BCUT2D eigenvalue weighted by molar-refractivity contribution is 0.415. The van der Waals surface area contributed by atoms with E-state index in [4.69, 9.17) is 21.4 Å². The van der Waals surface area contributed by atoms with E-state index in [2.05, 4.69) is 10.6 Å². The highest BCUT2D eigenvalue weighted by atomic mass is 32.1. The molecule has 0 bridgehead atoms. The summed E-state index contributed by atoms with van der Waals surface area (Å²) in [6.07, 6.45) is 0. The van der Waals surface area contributed by atoms with E-state index in [1.165, 1.54) is 0 Å². The maximum absolute atomic E-state index is 5.84. The summed E-state index contributed by atoms with van der Waals surface area (Å²) in [5.41, 5.74) is 1.78. The third-order valence-electron chi connectivity index (χ3n) is 3.57. The van der Waals surface area contributed by atoms with Gasteiger partial charge in [-0.25, -0.2) is 0 Å². The van der Waals surface area contributed by atoms with Gasteiger partial charge in [-0.1, -0.05) is 18.2 Å². The average molecular weight is 326 g/mol. The molecule has 0 fully saturated rings. The van der Waals surface area contributed by atoms with Crippen LogP contribution in [0.1, 0.15) is 18.7 Å². The van der Waals surface area contributed by atoms with Crippen LogP contribution in [0, 0.1) is 0 Å². The van der Waals surface area contributed by atoms with E-state index in [1.54, 1.807) is 7.11 Å². The molecule has 23 heavy (non-hydrogen) atoms. The normalized spacial score (nSPS) is 11.9. The second-order valence-electron chi connectivity index (χ2n) is 5.24. The summed E-state index contributed by atoms with van der Waals surface area (Å²) >= 11 is 5.36. The number of nitrogens with one attached hydrogen (secondary N) is 2. The van der Waals surface area contributed by atoms with Crippen LogP contribution in [0.5, 0.6) is 5.75 Å². The van der Waals surface area contributed by atoms with E-state index < -0.39 is 0 Å². The minimum atomic E-state index is -0.0272. The summed E-state index contributed by atoms with van der Waals surface area (Å²) in [7, 11) is 1.64. The Labute approximate surface area is 140 Å². The zero-order valence-corrected chi connectivity index (χ0v) is 13.8. The van der Waals surface area contributed by atoms with E-state index in [-0.39, 0.29) is 6.04 Å². The van der Waals surface area contributed by atoms with Crippen LogP contribution in [-0.2, 0) is 0 Å². The fourth-order valence-electron chi connectivity index (χ4n) is 2.33. The van der Waals surface area contributed by atoms with Crippen LogP contribution < -0.4 is 15.4 Å². The van der Waals surface area contributed by atoms with Crippen LogP contribution in [0.2, 0.25) is 0 Å². The number of para-hydroxylation sites is 1. The topological polar surface area (TPSA) is 46.4 Å². The van der Waals surface area contributed by atoms with Crippen LogP contribution in [0.4, 0.5) is 5.69 Å². The number of anilines is 1. The third-order valence-corrected chi connectivity index (χ3v) is 3.79. The number of methoxy groups -OCH3 is 1. The van der Waals surface area contributed by atoms with Gasteiger partial charge in [0.1, 0.15) is 17.1 Å². The number of fused-ring (bicyclic) bond motifs is 1. The standard InChI is InChI=1S/C18H18N2O2S/c1-12(17-11-13-5-3-4-6-16(13)22-17)19-18(23)20-14-7-9-15(21-2)10-8-14/h3-12H,1-2H3,(H2,19,20,23)/t12-/m0/s1. The number of hydrogen-bond donors (Lipinski definition) is 2. The van der Waals surface area contributed by atoms with Gasteiger partial charge in [0.15, 0.2) is 5.11 Å². The molecule has 3 rings (SSSR count). The van der Waals surface area contributed by atoms with Gasteiger partial charge in [0.25, 0.3) is 0 Å². The SMILES string of the molecule is COc1ccc(NC(=S)N[C@@H](C)c2cc3ccccc3o2)cc1. The highest BCUT2D eigenvalue weighted by molar-refractivity contribution is 7.80. The van der Waals surface area contributed by atoms with Crippen molar-refractivity contribution >= 4 is 34.0 Å². The molecule has 0 radical (unpaired) electrons. The zero-order valence-electron chi connectivity index (χ0n) is 13.0. The van der Waals surface area contributed by atoms with Gasteiger partial charge in [-0.15, -0.1) is 0 Å². The second-order valence-corrected chi connectivity index (χ2v) is 5.64. The molecular weight excluding hydrogens is 308 g/mol. The first-order chi connectivity index (χ1) is 11.2. The lowest BCUT2D eigenvalue weighted by Crippen LogP contribution is -2.30. The summed E-state index contributed by atoms with van der Waals surface area (Å²) in [5, 5.41) is 8.01. The Morgan fingerprint density at radius 3 is 2.57 bits per heavy atom. The Morgan fingerprint density at radius 1 is 1.13 bits per heavy atom. The van der Waals surface area contributed by atoms with Crippen molar-refractivity contribution < 1.29 is 9.15 Å². The molecular formula is C18H18N2O2S. The first-order valence-electron chi connectivity index (χ1n) is 7.36. The van der Waals surface area contributed by atoms with Crippen LogP contribution in [0.3, 0.4) is 0 Å². The third kappa shape index (κ3) is 3.63. The number of hydrogen-bond acceptors (Lipinski definition) is 3. The Morgan fingerprint density at radius 2 is 1.87 bits per heavy atom. The predicted octanol–water partition coefficient (Wildman–Crippen LogP) is 4.49. The number of furan rings is 1. The number of benzene rings is 2. The van der Waals surface area contributed by atoms with Crippen molar-refractivity contribution in [2.24, 2.45) is 0 Å². The average Bonchev–Trinajstić information content (AvgIpc) is 2.99. The van der Waals surface area contributed by atoms with Gasteiger partial charge in [-0.05, 0) is 55.5 Å². The largest absolute Gasteiger partial charge is 0.497 e. The monoisotopic (exact) mass is 326 g/mol. The maximum atomic E-state index is 5.84. The van der Waals surface area contributed by atoms with Gasteiger partial charge in [0, 0.05) is 11.1 Å². The fourth-order valence-corrected chi connectivity index (χ4v) is 2.62. The molecule has 0 saturated carbocycles. The first kappa shape index (κ1) is 15.4. The number of rotatable bonds is 4. The first-order valence-corrected chi connectivity index (χ1v) is 7.76.